The van der Waals surface area contributed by atoms with Gasteiger partial charge in [-0.3, -0.25) is 4.90 Å². The van der Waals surface area contributed by atoms with E-state index in [-0.39, 0.29) is 18.1 Å². The Morgan fingerprint density at radius 3 is 2.60 bits per heavy atom. The highest BCUT2D eigenvalue weighted by atomic mass is 16.6. The first-order valence-electron chi connectivity index (χ1n) is 12.5. The number of nitrogens with zero attached hydrogens (tertiary/aromatic N) is 2. The van der Waals surface area contributed by atoms with Crippen LogP contribution in [-0.4, -0.2) is 50.1 Å². The molecule has 3 unspecified atom stereocenters. The zero-order valence-electron chi connectivity index (χ0n) is 20.6. The second kappa shape index (κ2) is 11.2. The van der Waals surface area contributed by atoms with E-state index < -0.39 is 0 Å². The molecule has 3 aromatic rings. The number of fused-ring (bicyclic) bond motifs is 3. The van der Waals surface area contributed by atoms with Crippen molar-refractivity contribution in [2.45, 2.75) is 38.0 Å². The van der Waals surface area contributed by atoms with E-state index in [4.69, 9.17) is 19.5 Å². The van der Waals surface area contributed by atoms with Gasteiger partial charge in [0.15, 0.2) is 0 Å². The Kier molecular flexibility index (Phi) is 7.57. The van der Waals surface area contributed by atoms with Crippen LogP contribution in [0.1, 0.15) is 39.8 Å². The number of oxime groups is 1. The molecule has 5 heteroatoms. The number of piperidine rings is 1. The van der Waals surface area contributed by atoms with E-state index in [1.54, 1.807) is 7.11 Å². The largest absolute Gasteiger partial charge is 0.391 e. The van der Waals surface area contributed by atoms with Crippen molar-refractivity contribution in [3.05, 3.63) is 107 Å². The molecule has 3 atom stereocenters. The molecule has 0 bridgehead atoms. The zero-order chi connectivity index (χ0) is 24.0. The monoisotopic (exact) mass is 470 g/mol. The summed E-state index contributed by atoms with van der Waals surface area (Å²) in [5, 5.41) is 4.81. The first-order chi connectivity index (χ1) is 17.2. The molecule has 1 saturated heterocycles. The van der Waals surface area contributed by atoms with Crippen LogP contribution < -0.4 is 0 Å². The van der Waals surface area contributed by atoms with E-state index in [1.165, 1.54) is 22.3 Å². The summed E-state index contributed by atoms with van der Waals surface area (Å²) >= 11 is 0. The van der Waals surface area contributed by atoms with Crippen molar-refractivity contribution >= 4 is 5.71 Å². The Morgan fingerprint density at radius 2 is 1.77 bits per heavy atom. The summed E-state index contributed by atoms with van der Waals surface area (Å²) in [6, 6.07) is 27.8. The van der Waals surface area contributed by atoms with Gasteiger partial charge in [0.1, 0.15) is 12.7 Å². The summed E-state index contributed by atoms with van der Waals surface area (Å²) in [6.07, 6.45) is 0.830. The lowest BCUT2D eigenvalue weighted by molar-refractivity contribution is -0.0191. The normalized spacial score (nSPS) is 23.0. The number of rotatable bonds is 8. The fourth-order valence-corrected chi connectivity index (χ4v) is 5.37. The van der Waals surface area contributed by atoms with Crippen molar-refractivity contribution < 1.29 is 14.3 Å². The third-order valence-electron chi connectivity index (χ3n) is 7.06. The van der Waals surface area contributed by atoms with Crippen LogP contribution in [0.5, 0.6) is 0 Å². The molecule has 0 saturated carbocycles. The second-order valence-corrected chi connectivity index (χ2v) is 9.41. The predicted molar refractivity (Wildman–Crippen MR) is 139 cm³/mol. The van der Waals surface area contributed by atoms with E-state index >= 15 is 0 Å². The van der Waals surface area contributed by atoms with Gasteiger partial charge in [-0.05, 0) is 35.6 Å². The van der Waals surface area contributed by atoms with Gasteiger partial charge >= 0.3 is 0 Å². The van der Waals surface area contributed by atoms with E-state index in [0.717, 1.165) is 30.8 Å². The van der Waals surface area contributed by atoms with Crippen LogP contribution >= 0.6 is 0 Å². The van der Waals surface area contributed by atoms with E-state index in [9.17, 15) is 0 Å². The van der Waals surface area contributed by atoms with Gasteiger partial charge in [0.05, 0.1) is 25.0 Å². The number of benzene rings is 3. The van der Waals surface area contributed by atoms with Crippen molar-refractivity contribution in [1.82, 2.24) is 4.90 Å². The Balaban J connectivity index is 1.54. The number of methoxy groups -OCH3 is 1. The molecule has 2 aliphatic heterocycles. The average molecular weight is 471 g/mol. The highest BCUT2D eigenvalue weighted by molar-refractivity contribution is 5.96. The van der Waals surface area contributed by atoms with Gasteiger partial charge in [-0.25, -0.2) is 0 Å². The third kappa shape index (κ3) is 5.32. The van der Waals surface area contributed by atoms with Crippen LogP contribution in [0.15, 0.2) is 84.0 Å². The first-order valence-corrected chi connectivity index (χ1v) is 12.5. The molecule has 3 aromatic carbocycles. The van der Waals surface area contributed by atoms with E-state index in [2.05, 4.69) is 72.5 Å². The van der Waals surface area contributed by atoms with Crippen LogP contribution in [0.25, 0.3) is 0 Å². The average Bonchev–Trinajstić information content (AvgIpc) is 2.89. The van der Waals surface area contributed by atoms with Gasteiger partial charge in [0, 0.05) is 26.1 Å². The highest BCUT2D eigenvalue weighted by Gasteiger charge is 2.45. The Morgan fingerprint density at radius 1 is 0.943 bits per heavy atom. The molecule has 0 aliphatic carbocycles. The van der Waals surface area contributed by atoms with Crippen LogP contribution in [-0.2, 0) is 27.3 Å². The molecule has 0 amide bonds. The van der Waals surface area contributed by atoms with Crippen LogP contribution in [0.2, 0.25) is 0 Å². The maximum Gasteiger partial charge on any atom is 0.142 e. The van der Waals surface area contributed by atoms with E-state index in [0.29, 0.717) is 19.8 Å². The topological polar surface area (TPSA) is 43.3 Å². The quantitative estimate of drug-likeness (QED) is 0.331. The molecule has 2 heterocycles. The van der Waals surface area contributed by atoms with Crippen LogP contribution in [0.3, 0.4) is 0 Å². The van der Waals surface area contributed by atoms with Gasteiger partial charge in [-0.1, -0.05) is 89.6 Å². The lowest BCUT2D eigenvalue weighted by atomic mass is 9.77. The smallest absolute Gasteiger partial charge is 0.142 e. The summed E-state index contributed by atoms with van der Waals surface area (Å²) < 4.78 is 11.9. The van der Waals surface area contributed by atoms with Crippen molar-refractivity contribution in [1.29, 1.82) is 0 Å². The van der Waals surface area contributed by atoms with Gasteiger partial charge in [-0.2, -0.15) is 0 Å². The molecule has 2 aliphatic rings. The number of hydrogen-bond acceptors (Lipinski definition) is 5. The van der Waals surface area contributed by atoms with Crippen molar-refractivity contribution in [3.8, 4) is 0 Å². The molecule has 0 radical (unpaired) electrons. The molecule has 0 aromatic heterocycles. The fourth-order valence-electron chi connectivity index (χ4n) is 5.37. The maximum atomic E-state index is 6.57. The number of ether oxygens (including phenoxy) is 2. The second-order valence-electron chi connectivity index (χ2n) is 9.41. The van der Waals surface area contributed by atoms with Gasteiger partial charge in [-0.15, -0.1) is 0 Å². The van der Waals surface area contributed by atoms with Gasteiger partial charge in [0.25, 0.3) is 0 Å². The summed E-state index contributed by atoms with van der Waals surface area (Å²) in [5.41, 5.74) is 7.29. The van der Waals surface area contributed by atoms with Gasteiger partial charge in [0.2, 0.25) is 0 Å². The molecule has 5 nitrogen and oxygen atoms in total. The van der Waals surface area contributed by atoms with Crippen LogP contribution in [0.4, 0.5) is 0 Å². The molecule has 0 N–H and O–H groups in total. The molecule has 5 rings (SSSR count). The van der Waals surface area contributed by atoms with Crippen molar-refractivity contribution in [3.63, 3.8) is 0 Å². The Hall–Kier alpha value is -2.99. The number of hydrogen-bond donors (Lipinski definition) is 0. The van der Waals surface area contributed by atoms with Crippen molar-refractivity contribution in [2.24, 2.45) is 5.16 Å². The van der Waals surface area contributed by atoms with Gasteiger partial charge < -0.3 is 14.3 Å². The molecule has 1 fully saturated rings. The molecule has 35 heavy (non-hydrogen) atoms. The molecule has 0 spiro atoms. The fraction of sp³-hybridized carbons (Fsp3) is 0.367. The zero-order valence-corrected chi connectivity index (χ0v) is 20.6. The Bertz CT molecular complexity index is 1150. The molecule has 182 valence electrons. The summed E-state index contributed by atoms with van der Waals surface area (Å²) in [5.74, 6) is 0.0970. The van der Waals surface area contributed by atoms with Crippen LogP contribution in [0, 0.1) is 6.92 Å². The summed E-state index contributed by atoms with van der Waals surface area (Å²) in [7, 11) is 1.71. The lowest BCUT2D eigenvalue weighted by Crippen LogP contribution is -2.54. The molecular weight excluding hydrogens is 436 g/mol. The first kappa shape index (κ1) is 23.7. The predicted octanol–water partition coefficient (Wildman–Crippen LogP) is 5.30. The standard InChI is InChI=1S/C30H34N2O3/c1-22-9-8-13-25(19-22)27-20-32-16-15-24-12-6-7-14-26(24)29(32)30(34-18-17-33-2)28(27)31-35-21-23-10-4-3-5-11-23/h3-14,19,27,29-30H,15-18,20-21H2,1-2H3. The number of aryl methyl sites for hydroxylation is 1. The minimum Gasteiger partial charge on any atom is -0.391 e. The molecular formula is C30H34N2O3. The summed E-state index contributed by atoms with van der Waals surface area (Å²) in [6.45, 7) is 5.51. The minimum absolute atomic E-state index is 0.0970. The highest BCUT2D eigenvalue weighted by Crippen LogP contribution is 2.42. The van der Waals surface area contributed by atoms with Crippen molar-refractivity contribution in [2.75, 3.05) is 33.4 Å². The maximum absolute atomic E-state index is 6.57. The SMILES string of the molecule is COCCOC1C(=NOCc2ccccc2)C(c2cccc(C)c2)CN2CCc3ccccc3C12. The van der Waals surface area contributed by atoms with E-state index in [1.807, 2.05) is 18.2 Å². The Labute approximate surface area is 208 Å². The minimum atomic E-state index is -0.221. The summed E-state index contributed by atoms with van der Waals surface area (Å²) in [4.78, 5) is 8.58. The third-order valence-corrected chi connectivity index (χ3v) is 7.06. The lowest BCUT2D eigenvalue weighted by Gasteiger charge is -2.48.